The summed E-state index contributed by atoms with van der Waals surface area (Å²) in [5.74, 6) is 0. The van der Waals surface area contributed by atoms with E-state index in [1.165, 1.54) is 5.56 Å². The van der Waals surface area contributed by atoms with Crippen molar-refractivity contribution in [2.24, 2.45) is 0 Å². The van der Waals surface area contributed by atoms with Crippen LogP contribution in [0, 0.1) is 0 Å². The van der Waals surface area contributed by atoms with Gasteiger partial charge in [0.15, 0.2) is 0 Å². The highest BCUT2D eigenvalue weighted by Gasteiger charge is 2.26. The number of hydrogen-bond donors (Lipinski definition) is 1. The molecular weight excluding hydrogens is 223 g/mol. The Bertz CT molecular complexity index is 269. The predicted octanol–water partition coefficient (Wildman–Crippen LogP) is 3.22. The smallest absolute Gasteiger partial charge is 0.314 e. The molecule has 1 unspecified atom stereocenters. The Balaban J connectivity index is 2.17. The molecule has 1 aromatic heterocycles. The summed E-state index contributed by atoms with van der Waals surface area (Å²) in [5.41, 5.74) is 1.17. The van der Waals surface area contributed by atoms with E-state index in [-0.39, 0.29) is 12.6 Å². The summed E-state index contributed by atoms with van der Waals surface area (Å²) in [6, 6.07) is 2.08. The van der Waals surface area contributed by atoms with E-state index in [1.807, 2.05) is 23.8 Å². The zero-order chi connectivity index (χ0) is 11.3. The van der Waals surface area contributed by atoms with Gasteiger partial charge in [0.05, 0.1) is 6.42 Å². The molecule has 0 aliphatic rings. The van der Waals surface area contributed by atoms with E-state index in [4.69, 9.17) is 0 Å². The van der Waals surface area contributed by atoms with Gasteiger partial charge in [-0.05, 0) is 35.7 Å². The van der Waals surface area contributed by atoms with Gasteiger partial charge in [0.1, 0.15) is 0 Å². The molecule has 1 heterocycles. The van der Waals surface area contributed by atoms with Crippen molar-refractivity contribution in [3.05, 3.63) is 22.4 Å². The van der Waals surface area contributed by atoms with Crippen LogP contribution in [0.3, 0.4) is 0 Å². The molecule has 1 nitrogen and oxygen atoms in total. The zero-order valence-corrected chi connectivity index (χ0v) is 9.29. The summed E-state index contributed by atoms with van der Waals surface area (Å²) in [4.78, 5) is 0. The molecule has 0 saturated carbocycles. The first-order valence-electron chi connectivity index (χ1n) is 4.78. The Morgan fingerprint density at radius 1 is 1.47 bits per heavy atom. The van der Waals surface area contributed by atoms with Gasteiger partial charge in [-0.25, -0.2) is 0 Å². The first-order chi connectivity index (χ1) is 6.97. The number of rotatable bonds is 5. The van der Waals surface area contributed by atoms with E-state index in [0.29, 0.717) is 0 Å². The minimum Gasteiger partial charge on any atom is -0.314 e. The van der Waals surface area contributed by atoms with Crippen LogP contribution in [0.1, 0.15) is 18.9 Å². The van der Waals surface area contributed by atoms with Crippen LogP contribution in [0.2, 0.25) is 0 Å². The van der Waals surface area contributed by atoms with E-state index in [2.05, 4.69) is 5.32 Å². The molecule has 5 heteroatoms. The predicted molar refractivity (Wildman–Crippen MR) is 56.2 cm³/mol. The highest BCUT2D eigenvalue weighted by atomic mass is 32.1. The molecule has 15 heavy (non-hydrogen) atoms. The van der Waals surface area contributed by atoms with Gasteiger partial charge in [-0.1, -0.05) is 0 Å². The Labute approximate surface area is 91.3 Å². The van der Waals surface area contributed by atoms with Crippen molar-refractivity contribution < 1.29 is 13.2 Å². The SMILES string of the molecule is CC(Cc1ccsc1)NCCC(F)(F)F. The fraction of sp³-hybridized carbons (Fsp3) is 0.600. The first kappa shape index (κ1) is 12.5. The second-order valence-corrected chi connectivity index (χ2v) is 4.34. The number of halogens is 3. The first-order valence-corrected chi connectivity index (χ1v) is 5.73. The molecule has 1 atom stereocenters. The lowest BCUT2D eigenvalue weighted by Crippen LogP contribution is -2.31. The Morgan fingerprint density at radius 2 is 2.20 bits per heavy atom. The molecule has 0 aromatic carbocycles. The van der Waals surface area contributed by atoms with Gasteiger partial charge in [-0.3, -0.25) is 0 Å². The number of thiophene rings is 1. The third-order valence-electron chi connectivity index (χ3n) is 2.02. The molecule has 0 aliphatic heterocycles. The van der Waals surface area contributed by atoms with Crippen LogP contribution < -0.4 is 5.32 Å². The average Bonchev–Trinajstić information content (AvgIpc) is 2.54. The molecule has 0 aliphatic carbocycles. The van der Waals surface area contributed by atoms with Gasteiger partial charge in [-0.2, -0.15) is 24.5 Å². The molecule has 1 N–H and O–H groups in total. The van der Waals surface area contributed by atoms with Crippen LogP contribution in [0.5, 0.6) is 0 Å². The second-order valence-electron chi connectivity index (χ2n) is 3.56. The number of nitrogens with one attached hydrogen (secondary N) is 1. The maximum atomic E-state index is 11.8. The second kappa shape index (κ2) is 5.51. The third kappa shape index (κ3) is 5.79. The van der Waals surface area contributed by atoms with E-state index in [1.54, 1.807) is 11.3 Å². The highest BCUT2D eigenvalue weighted by Crippen LogP contribution is 2.18. The summed E-state index contributed by atoms with van der Waals surface area (Å²) < 4.78 is 35.5. The highest BCUT2D eigenvalue weighted by molar-refractivity contribution is 7.07. The quantitative estimate of drug-likeness (QED) is 0.829. The van der Waals surface area contributed by atoms with Crippen molar-refractivity contribution in [3.8, 4) is 0 Å². The lowest BCUT2D eigenvalue weighted by atomic mass is 10.1. The summed E-state index contributed by atoms with van der Waals surface area (Å²) in [7, 11) is 0. The van der Waals surface area contributed by atoms with Crippen molar-refractivity contribution in [1.29, 1.82) is 0 Å². The van der Waals surface area contributed by atoms with Crippen molar-refractivity contribution in [1.82, 2.24) is 5.32 Å². The minimum absolute atomic E-state index is 0.00515. The summed E-state index contributed by atoms with van der Waals surface area (Å²) in [6.07, 6.45) is -4.04. The van der Waals surface area contributed by atoms with Gasteiger partial charge in [0.25, 0.3) is 0 Å². The van der Waals surface area contributed by atoms with Gasteiger partial charge < -0.3 is 5.32 Å². The molecule has 0 saturated heterocycles. The lowest BCUT2D eigenvalue weighted by molar-refractivity contribution is -0.133. The number of alkyl halides is 3. The number of hydrogen-bond acceptors (Lipinski definition) is 2. The molecule has 0 bridgehead atoms. The monoisotopic (exact) mass is 237 g/mol. The molecular formula is C10H14F3NS. The largest absolute Gasteiger partial charge is 0.390 e. The maximum absolute atomic E-state index is 11.8. The van der Waals surface area contributed by atoms with E-state index < -0.39 is 12.6 Å². The van der Waals surface area contributed by atoms with Crippen LogP contribution in [0.25, 0.3) is 0 Å². The maximum Gasteiger partial charge on any atom is 0.390 e. The Kier molecular flexibility index (Phi) is 4.60. The Morgan fingerprint density at radius 3 is 2.73 bits per heavy atom. The molecule has 0 spiro atoms. The van der Waals surface area contributed by atoms with Crippen molar-refractivity contribution in [2.75, 3.05) is 6.54 Å². The fourth-order valence-corrected chi connectivity index (χ4v) is 1.98. The van der Waals surface area contributed by atoms with Crippen LogP contribution in [0.15, 0.2) is 16.8 Å². The normalized spacial score (nSPS) is 14.1. The van der Waals surface area contributed by atoms with Crippen LogP contribution in [-0.4, -0.2) is 18.8 Å². The van der Waals surface area contributed by atoms with E-state index in [0.717, 1.165) is 6.42 Å². The van der Waals surface area contributed by atoms with Crippen LogP contribution in [-0.2, 0) is 6.42 Å². The molecule has 86 valence electrons. The zero-order valence-electron chi connectivity index (χ0n) is 8.47. The van der Waals surface area contributed by atoms with E-state index >= 15 is 0 Å². The molecule has 0 fully saturated rings. The minimum atomic E-state index is -4.06. The molecule has 1 rings (SSSR count). The Hall–Kier alpha value is -0.550. The van der Waals surface area contributed by atoms with Crippen LogP contribution >= 0.6 is 11.3 Å². The van der Waals surface area contributed by atoms with Gasteiger partial charge >= 0.3 is 6.18 Å². The third-order valence-corrected chi connectivity index (χ3v) is 2.76. The topological polar surface area (TPSA) is 12.0 Å². The molecule has 0 radical (unpaired) electrons. The van der Waals surface area contributed by atoms with E-state index in [9.17, 15) is 13.2 Å². The van der Waals surface area contributed by atoms with Gasteiger partial charge in [0.2, 0.25) is 0 Å². The summed E-state index contributed by atoms with van der Waals surface area (Å²) in [6.45, 7) is 1.89. The summed E-state index contributed by atoms with van der Waals surface area (Å²) in [5, 5.41) is 6.85. The fourth-order valence-electron chi connectivity index (χ4n) is 1.29. The summed E-state index contributed by atoms with van der Waals surface area (Å²) >= 11 is 1.60. The van der Waals surface area contributed by atoms with Crippen molar-refractivity contribution in [2.45, 2.75) is 32.0 Å². The van der Waals surface area contributed by atoms with Crippen molar-refractivity contribution >= 4 is 11.3 Å². The molecule has 1 aromatic rings. The lowest BCUT2D eigenvalue weighted by Gasteiger charge is -2.13. The van der Waals surface area contributed by atoms with Gasteiger partial charge in [-0.15, -0.1) is 0 Å². The molecule has 0 amide bonds. The average molecular weight is 237 g/mol. The standard InChI is InChI=1S/C10H14F3NS/c1-8(6-9-2-5-15-7-9)14-4-3-10(11,12)13/h2,5,7-8,14H,3-4,6H2,1H3. The van der Waals surface area contributed by atoms with Crippen molar-refractivity contribution in [3.63, 3.8) is 0 Å². The van der Waals surface area contributed by atoms with Crippen LogP contribution in [0.4, 0.5) is 13.2 Å². The van der Waals surface area contributed by atoms with Gasteiger partial charge in [0, 0.05) is 12.6 Å².